The van der Waals surface area contributed by atoms with Gasteiger partial charge in [-0.05, 0) is 28.5 Å². The summed E-state index contributed by atoms with van der Waals surface area (Å²) in [6.45, 7) is 1.69. The van der Waals surface area contributed by atoms with Gasteiger partial charge in [0.05, 0.1) is 0 Å². The molecule has 1 heterocycles. The van der Waals surface area contributed by atoms with Crippen LogP contribution >= 0.6 is 0 Å². The van der Waals surface area contributed by atoms with Gasteiger partial charge < -0.3 is 15.2 Å². The molecule has 1 aromatic heterocycles. The van der Waals surface area contributed by atoms with Crippen LogP contribution in [0.5, 0.6) is 5.75 Å². The largest absolute Gasteiger partial charge is 0.501 e. The summed E-state index contributed by atoms with van der Waals surface area (Å²) in [5.41, 5.74) is 0.688. The normalized spacial score (nSPS) is 8.75. The number of nitro groups is 1. The van der Waals surface area contributed by atoms with Crippen LogP contribution in [0, 0.1) is 17.0 Å². The predicted molar refractivity (Wildman–Crippen MR) is 44.0 cm³/mol. The lowest BCUT2D eigenvalue weighted by Crippen LogP contribution is -1.92. The SMILES string of the molecule is C.Cc1cnc([N+](=O)[O-])c(O)c1. The topological polar surface area (TPSA) is 76.3 Å². The van der Waals surface area contributed by atoms with Gasteiger partial charge >= 0.3 is 5.82 Å². The van der Waals surface area contributed by atoms with E-state index in [1.165, 1.54) is 12.3 Å². The number of pyridine rings is 1. The van der Waals surface area contributed by atoms with E-state index >= 15 is 0 Å². The summed E-state index contributed by atoms with van der Waals surface area (Å²) < 4.78 is 0. The summed E-state index contributed by atoms with van der Waals surface area (Å²) >= 11 is 0. The zero-order valence-corrected chi connectivity index (χ0v) is 5.81. The maximum Gasteiger partial charge on any atom is 0.405 e. The smallest absolute Gasteiger partial charge is 0.405 e. The predicted octanol–water partition coefficient (Wildman–Crippen LogP) is 1.64. The van der Waals surface area contributed by atoms with Gasteiger partial charge in [-0.1, -0.05) is 7.43 Å². The van der Waals surface area contributed by atoms with Crippen LogP contribution < -0.4 is 0 Å². The summed E-state index contributed by atoms with van der Waals surface area (Å²) in [5.74, 6) is -0.898. The van der Waals surface area contributed by atoms with Gasteiger partial charge in [0.15, 0.2) is 0 Å². The second kappa shape index (κ2) is 3.66. The number of aromatic hydroxyl groups is 1. The van der Waals surface area contributed by atoms with Gasteiger partial charge in [0.2, 0.25) is 5.75 Å². The summed E-state index contributed by atoms with van der Waals surface area (Å²) in [4.78, 5) is 12.8. The molecule has 12 heavy (non-hydrogen) atoms. The quantitative estimate of drug-likeness (QED) is 0.513. The van der Waals surface area contributed by atoms with Crippen molar-refractivity contribution in [3.63, 3.8) is 0 Å². The van der Waals surface area contributed by atoms with E-state index in [9.17, 15) is 10.1 Å². The van der Waals surface area contributed by atoms with Crippen molar-refractivity contribution in [2.24, 2.45) is 0 Å². The monoisotopic (exact) mass is 170 g/mol. The first kappa shape index (κ1) is 10.3. The zero-order valence-electron chi connectivity index (χ0n) is 5.81. The Morgan fingerprint density at radius 2 is 2.25 bits per heavy atom. The molecule has 0 fully saturated rings. The molecule has 0 amide bonds. The Hall–Kier alpha value is -1.65. The van der Waals surface area contributed by atoms with E-state index in [0.29, 0.717) is 5.56 Å². The van der Waals surface area contributed by atoms with Crippen LogP contribution in [-0.4, -0.2) is 15.0 Å². The van der Waals surface area contributed by atoms with E-state index in [4.69, 9.17) is 5.11 Å². The van der Waals surface area contributed by atoms with Gasteiger partial charge in [0.1, 0.15) is 6.20 Å². The van der Waals surface area contributed by atoms with Crippen LogP contribution in [0.15, 0.2) is 12.3 Å². The molecule has 5 nitrogen and oxygen atoms in total. The minimum absolute atomic E-state index is 0. The first-order chi connectivity index (χ1) is 5.11. The Labute approximate surface area is 69.8 Å². The number of aryl methyl sites for hydroxylation is 1. The molecule has 0 bridgehead atoms. The third-order valence-corrected chi connectivity index (χ3v) is 1.16. The fourth-order valence-electron chi connectivity index (χ4n) is 0.687. The fraction of sp³-hybridized carbons (Fsp3) is 0.286. The number of rotatable bonds is 1. The average molecular weight is 170 g/mol. The molecule has 1 N–H and O–H groups in total. The standard InChI is InChI=1S/C6H6N2O3.CH4/c1-4-2-5(9)6(7-3-4)8(10)11;/h2-3,9H,1H3;1H4. The highest BCUT2D eigenvalue weighted by Gasteiger charge is 2.13. The van der Waals surface area contributed by atoms with Crippen molar-refractivity contribution in [1.82, 2.24) is 4.98 Å². The Balaban J connectivity index is 0.00000121. The van der Waals surface area contributed by atoms with Crippen molar-refractivity contribution < 1.29 is 10.0 Å². The van der Waals surface area contributed by atoms with E-state index in [2.05, 4.69) is 4.98 Å². The lowest BCUT2D eigenvalue weighted by molar-refractivity contribution is -0.390. The van der Waals surface area contributed by atoms with Crippen LogP contribution in [0.4, 0.5) is 5.82 Å². The molecular formula is C7H10N2O3. The van der Waals surface area contributed by atoms with Crippen LogP contribution in [0.25, 0.3) is 0 Å². The van der Waals surface area contributed by atoms with E-state index in [1.54, 1.807) is 6.92 Å². The van der Waals surface area contributed by atoms with Gasteiger partial charge in [-0.3, -0.25) is 0 Å². The molecule has 0 spiro atoms. The second-order valence-corrected chi connectivity index (χ2v) is 2.11. The molecule has 0 saturated carbocycles. The van der Waals surface area contributed by atoms with Crippen LogP contribution in [0.3, 0.4) is 0 Å². The maximum atomic E-state index is 10.1. The summed E-state index contributed by atoms with van der Waals surface area (Å²) in [6.07, 6.45) is 1.33. The first-order valence-corrected chi connectivity index (χ1v) is 2.91. The molecule has 0 atom stereocenters. The lowest BCUT2D eigenvalue weighted by atomic mass is 10.3. The zero-order chi connectivity index (χ0) is 8.43. The highest BCUT2D eigenvalue weighted by Crippen LogP contribution is 2.22. The van der Waals surface area contributed by atoms with Crippen molar-refractivity contribution in [1.29, 1.82) is 0 Å². The van der Waals surface area contributed by atoms with E-state index in [0.717, 1.165) is 0 Å². The summed E-state index contributed by atoms with van der Waals surface area (Å²) in [7, 11) is 0. The molecule has 1 rings (SSSR count). The van der Waals surface area contributed by atoms with Gasteiger partial charge in [0, 0.05) is 0 Å². The van der Waals surface area contributed by atoms with E-state index < -0.39 is 16.5 Å². The fourth-order valence-corrected chi connectivity index (χ4v) is 0.687. The van der Waals surface area contributed by atoms with Crippen molar-refractivity contribution in [2.75, 3.05) is 0 Å². The molecule has 0 radical (unpaired) electrons. The van der Waals surface area contributed by atoms with Gasteiger partial charge in [0.25, 0.3) is 0 Å². The molecule has 0 aliphatic heterocycles. The molecule has 0 aliphatic carbocycles. The van der Waals surface area contributed by atoms with Gasteiger partial charge in [-0.25, -0.2) is 0 Å². The van der Waals surface area contributed by atoms with Crippen molar-refractivity contribution in [2.45, 2.75) is 14.4 Å². The van der Waals surface area contributed by atoms with Crippen LogP contribution in [-0.2, 0) is 0 Å². The van der Waals surface area contributed by atoms with E-state index in [1.807, 2.05) is 0 Å². The molecule has 0 aromatic carbocycles. The van der Waals surface area contributed by atoms with Crippen molar-refractivity contribution in [3.05, 3.63) is 27.9 Å². The minimum atomic E-state index is -0.727. The lowest BCUT2D eigenvalue weighted by Gasteiger charge is -1.94. The van der Waals surface area contributed by atoms with Crippen LogP contribution in [0.1, 0.15) is 13.0 Å². The summed E-state index contributed by atoms with van der Waals surface area (Å²) in [6, 6.07) is 1.30. The molecule has 5 heteroatoms. The third kappa shape index (κ3) is 1.91. The van der Waals surface area contributed by atoms with Gasteiger partial charge in [-0.2, -0.15) is 0 Å². The highest BCUT2D eigenvalue weighted by atomic mass is 16.6. The molecule has 0 unspecified atom stereocenters. The van der Waals surface area contributed by atoms with E-state index in [-0.39, 0.29) is 7.43 Å². The number of nitrogens with zero attached hydrogens (tertiary/aromatic N) is 2. The van der Waals surface area contributed by atoms with Crippen LogP contribution in [0.2, 0.25) is 0 Å². The number of aromatic nitrogens is 1. The highest BCUT2D eigenvalue weighted by molar-refractivity contribution is 5.39. The second-order valence-electron chi connectivity index (χ2n) is 2.11. The maximum absolute atomic E-state index is 10.1. The third-order valence-electron chi connectivity index (χ3n) is 1.16. The van der Waals surface area contributed by atoms with Gasteiger partial charge in [-0.15, -0.1) is 0 Å². The van der Waals surface area contributed by atoms with Crippen molar-refractivity contribution >= 4 is 5.82 Å². The first-order valence-electron chi connectivity index (χ1n) is 2.91. The molecule has 0 saturated heterocycles. The molecule has 1 aromatic rings. The average Bonchev–Trinajstić information content (AvgIpc) is 1.85. The Morgan fingerprint density at radius 1 is 1.67 bits per heavy atom. The summed E-state index contributed by atoms with van der Waals surface area (Å²) in [5, 5.41) is 19.1. The Kier molecular flexibility index (Phi) is 3.15. The molecular weight excluding hydrogens is 160 g/mol. The number of hydrogen-bond donors (Lipinski definition) is 1. The van der Waals surface area contributed by atoms with Crippen molar-refractivity contribution in [3.8, 4) is 5.75 Å². The Morgan fingerprint density at radius 3 is 2.67 bits per heavy atom. The number of hydrogen-bond acceptors (Lipinski definition) is 4. The molecule has 66 valence electrons. The Bertz CT molecular complexity index is 299. The molecule has 0 aliphatic rings. The minimum Gasteiger partial charge on any atom is -0.501 e.